The van der Waals surface area contributed by atoms with E-state index in [-0.39, 0.29) is 0 Å². The van der Waals surface area contributed by atoms with Gasteiger partial charge in [-0.2, -0.15) is 0 Å². The van der Waals surface area contributed by atoms with Gasteiger partial charge in [-0.05, 0) is 28.5 Å². The fourth-order valence-electron chi connectivity index (χ4n) is 2.07. The van der Waals surface area contributed by atoms with Gasteiger partial charge < -0.3 is 0 Å². The van der Waals surface area contributed by atoms with Crippen LogP contribution in [0.25, 0.3) is 32.8 Å². The normalized spacial score (nSPS) is 11.5. The van der Waals surface area contributed by atoms with Crippen molar-refractivity contribution in [3.05, 3.63) is 36.4 Å². The van der Waals surface area contributed by atoms with Gasteiger partial charge in [0.25, 0.3) is 0 Å². The third kappa shape index (κ3) is 1.08. The van der Waals surface area contributed by atoms with Gasteiger partial charge in [-0.3, -0.25) is 0 Å². The molecule has 0 unspecified atom stereocenters. The predicted molar refractivity (Wildman–Crippen MR) is 62.4 cm³/mol. The lowest BCUT2D eigenvalue weighted by atomic mass is 10.1. The molecule has 4 rings (SSSR count). The Morgan fingerprint density at radius 2 is 1.59 bits per heavy atom. The molecule has 2 aromatic heterocycles. The molecule has 4 aromatic rings. The predicted octanol–water partition coefficient (Wildman–Crippen LogP) is 2.32. The Labute approximate surface area is 95.0 Å². The van der Waals surface area contributed by atoms with Gasteiger partial charge in [0, 0.05) is 10.8 Å². The van der Waals surface area contributed by atoms with Crippen molar-refractivity contribution >= 4 is 32.8 Å². The minimum Gasteiger partial charge on any atom is -0.243 e. The third-order valence-electron chi connectivity index (χ3n) is 2.84. The summed E-state index contributed by atoms with van der Waals surface area (Å²) >= 11 is 0. The third-order valence-corrected chi connectivity index (χ3v) is 2.84. The van der Waals surface area contributed by atoms with Gasteiger partial charge in [0.1, 0.15) is 11.0 Å². The van der Waals surface area contributed by atoms with Crippen LogP contribution in [-0.2, 0) is 0 Å². The first-order chi connectivity index (χ1) is 8.43. The molecular formula is C12H6N4O. The molecule has 0 spiro atoms. The van der Waals surface area contributed by atoms with Crippen LogP contribution in [-0.4, -0.2) is 20.5 Å². The summed E-state index contributed by atoms with van der Waals surface area (Å²) in [5.41, 5.74) is 3.10. The molecule has 0 fully saturated rings. The molecule has 5 heteroatoms. The average molecular weight is 222 g/mol. The number of hydrogen-bond donors (Lipinski definition) is 0. The molecule has 0 aliphatic carbocycles. The molecule has 17 heavy (non-hydrogen) atoms. The summed E-state index contributed by atoms with van der Waals surface area (Å²) in [6.45, 7) is 0. The van der Waals surface area contributed by atoms with Gasteiger partial charge in [-0.1, -0.05) is 18.2 Å². The second-order valence-electron chi connectivity index (χ2n) is 3.81. The summed E-state index contributed by atoms with van der Waals surface area (Å²) in [5, 5.41) is 18.1. The van der Waals surface area contributed by atoms with E-state index in [9.17, 15) is 0 Å². The largest absolute Gasteiger partial charge is 0.243 e. The molecule has 2 heterocycles. The van der Waals surface area contributed by atoms with E-state index >= 15 is 0 Å². The second-order valence-corrected chi connectivity index (χ2v) is 3.81. The number of nitrogens with zero attached hydrogens (tertiary/aromatic N) is 4. The van der Waals surface area contributed by atoms with Crippen molar-refractivity contribution in [2.24, 2.45) is 0 Å². The topological polar surface area (TPSA) is 64.7 Å². The molecule has 0 bridgehead atoms. The van der Waals surface area contributed by atoms with Crippen LogP contribution in [0.5, 0.6) is 0 Å². The lowest BCUT2D eigenvalue weighted by molar-refractivity contribution is 0.316. The van der Waals surface area contributed by atoms with Crippen molar-refractivity contribution in [3.8, 4) is 0 Å². The molecule has 0 N–H and O–H groups in total. The highest BCUT2D eigenvalue weighted by Gasteiger charge is 2.10. The minimum atomic E-state index is 0.730. The van der Waals surface area contributed by atoms with E-state index in [4.69, 9.17) is 4.63 Å². The van der Waals surface area contributed by atoms with Gasteiger partial charge in [0.05, 0.1) is 11.0 Å². The molecule has 0 radical (unpaired) electrons. The van der Waals surface area contributed by atoms with Gasteiger partial charge in [-0.25, -0.2) is 4.63 Å². The van der Waals surface area contributed by atoms with Crippen LogP contribution in [0.1, 0.15) is 0 Å². The van der Waals surface area contributed by atoms with E-state index in [0.29, 0.717) is 0 Å². The molecule has 5 nitrogen and oxygen atoms in total. The summed E-state index contributed by atoms with van der Waals surface area (Å²) in [4.78, 5) is 0. The van der Waals surface area contributed by atoms with Crippen molar-refractivity contribution in [2.75, 3.05) is 0 Å². The Morgan fingerprint density at radius 3 is 2.59 bits per heavy atom. The number of benzene rings is 2. The van der Waals surface area contributed by atoms with E-state index < -0.39 is 0 Å². The summed E-state index contributed by atoms with van der Waals surface area (Å²) in [5.74, 6) is 0. The average Bonchev–Trinajstić information content (AvgIpc) is 2.86. The van der Waals surface area contributed by atoms with Crippen molar-refractivity contribution < 1.29 is 4.63 Å². The Bertz CT molecular complexity index is 853. The van der Waals surface area contributed by atoms with E-state index in [1.807, 2.05) is 36.4 Å². The maximum Gasteiger partial charge on any atom is 0.145 e. The van der Waals surface area contributed by atoms with E-state index in [2.05, 4.69) is 20.5 Å². The quantitative estimate of drug-likeness (QED) is 0.427. The lowest BCUT2D eigenvalue weighted by Gasteiger charge is -2.00. The molecule has 0 saturated heterocycles. The van der Waals surface area contributed by atoms with Crippen LogP contribution in [0.3, 0.4) is 0 Å². The van der Waals surface area contributed by atoms with Gasteiger partial charge in [-0.15, -0.1) is 10.2 Å². The fraction of sp³-hybridized carbons (Fsp3) is 0. The zero-order valence-electron chi connectivity index (χ0n) is 8.66. The standard InChI is InChI=1S/C12H6N4O/c1-2-4-8-7(3-1)11-9(14-13-8)5-6-10-12(11)16-17-15-10/h1-6H. The molecular weight excluding hydrogens is 216 g/mol. The van der Waals surface area contributed by atoms with Crippen LogP contribution in [0.15, 0.2) is 41.0 Å². The maximum atomic E-state index is 4.77. The van der Waals surface area contributed by atoms with Crippen molar-refractivity contribution in [3.63, 3.8) is 0 Å². The Morgan fingerprint density at radius 1 is 0.765 bits per heavy atom. The highest BCUT2D eigenvalue weighted by Crippen LogP contribution is 2.27. The molecule has 80 valence electrons. The maximum absolute atomic E-state index is 4.77. The molecule has 0 atom stereocenters. The van der Waals surface area contributed by atoms with Crippen LogP contribution in [0.4, 0.5) is 0 Å². The van der Waals surface area contributed by atoms with Crippen molar-refractivity contribution in [1.29, 1.82) is 0 Å². The van der Waals surface area contributed by atoms with Crippen molar-refractivity contribution in [1.82, 2.24) is 20.5 Å². The van der Waals surface area contributed by atoms with Crippen LogP contribution < -0.4 is 0 Å². The second kappa shape index (κ2) is 2.98. The number of aromatic nitrogens is 4. The van der Waals surface area contributed by atoms with Crippen LogP contribution >= 0.6 is 0 Å². The van der Waals surface area contributed by atoms with Gasteiger partial charge in [0.2, 0.25) is 0 Å². The van der Waals surface area contributed by atoms with Crippen molar-refractivity contribution in [2.45, 2.75) is 0 Å². The highest BCUT2D eigenvalue weighted by molar-refractivity contribution is 6.15. The SMILES string of the molecule is c1ccc2c(c1)nnc1ccc3nonc3c12. The Balaban J connectivity index is 2.41. The molecule has 0 aliphatic heterocycles. The summed E-state index contributed by atoms with van der Waals surface area (Å²) < 4.78 is 4.77. The molecule has 0 aliphatic rings. The minimum absolute atomic E-state index is 0.730. The zero-order valence-corrected chi connectivity index (χ0v) is 8.66. The molecule has 0 saturated carbocycles. The first-order valence-electron chi connectivity index (χ1n) is 5.20. The first-order valence-corrected chi connectivity index (χ1v) is 5.20. The van der Waals surface area contributed by atoms with Crippen LogP contribution in [0, 0.1) is 0 Å². The smallest absolute Gasteiger partial charge is 0.145 e. The zero-order chi connectivity index (χ0) is 11.2. The summed E-state index contributed by atoms with van der Waals surface area (Å²) in [7, 11) is 0. The van der Waals surface area contributed by atoms with Gasteiger partial charge >= 0.3 is 0 Å². The lowest BCUT2D eigenvalue weighted by Crippen LogP contribution is -1.88. The number of fused-ring (bicyclic) bond motifs is 5. The first kappa shape index (κ1) is 8.58. The Hall–Kier alpha value is -2.56. The van der Waals surface area contributed by atoms with Gasteiger partial charge in [0.15, 0.2) is 0 Å². The van der Waals surface area contributed by atoms with E-state index in [0.717, 1.165) is 32.8 Å². The monoisotopic (exact) mass is 222 g/mol. The molecule has 2 aromatic carbocycles. The van der Waals surface area contributed by atoms with E-state index in [1.165, 1.54) is 0 Å². The summed E-state index contributed by atoms with van der Waals surface area (Å²) in [6, 6.07) is 11.5. The van der Waals surface area contributed by atoms with Crippen LogP contribution in [0.2, 0.25) is 0 Å². The number of hydrogen-bond acceptors (Lipinski definition) is 5. The Kier molecular flexibility index (Phi) is 1.50. The van der Waals surface area contributed by atoms with E-state index in [1.54, 1.807) is 0 Å². The summed E-state index contributed by atoms with van der Waals surface area (Å²) in [6.07, 6.45) is 0. The number of rotatable bonds is 0. The molecule has 0 amide bonds. The highest BCUT2D eigenvalue weighted by atomic mass is 16.6. The fourth-order valence-corrected chi connectivity index (χ4v) is 2.07.